The molecule has 6 rings (SSSR count). The van der Waals surface area contributed by atoms with Crippen molar-refractivity contribution in [3.05, 3.63) is 33.4 Å². The molecule has 0 unspecified atom stereocenters. The number of hydrogen-bond donors (Lipinski definition) is 9. The number of anilines is 2. The second kappa shape index (κ2) is 11.7. The van der Waals surface area contributed by atoms with Crippen molar-refractivity contribution in [2.24, 2.45) is 0 Å². The van der Waals surface area contributed by atoms with E-state index >= 15 is 0 Å². The van der Waals surface area contributed by atoms with Crippen molar-refractivity contribution < 1.29 is 44.1 Å². The maximum Gasteiger partial charge on any atom is 0.385 e. The van der Waals surface area contributed by atoms with Gasteiger partial charge in [0.05, 0.1) is 25.4 Å². The molecule has 11 N–H and O–H groups in total. The van der Waals surface area contributed by atoms with E-state index in [1.54, 1.807) is 0 Å². The third-order valence-electron chi connectivity index (χ3n) is 6.27. The average Bonchev–Trinajstić information content (AvgIpc) is 3.69. The molecule has 2 saturated heterocycles. The first kappa shape index (κ1) is 29.4. The molecule has 0 spiro atoms. The van der Waals surface area contributed by atoms with Crippen molar-refractivity contribution in [2.75, 3.05) is 18.1 Å². The van der Waals surface area contributed by atoms with E-state index in [1.165, 1.54) is 21.8 Å². The molecule has 0 bridgehead atoms. The highest BCUT2D eigenvalue weighted by Crippen LogP contribution is 2.35. The number of carbonyl (C=O) groups excluding carboxylic acids is 1. The fourth-order valence-electron chi connectivity index (χ4n) is 4.46. The molecule has 4 aromatic rings. The largest absolute Gasteiger partial charge is 0.429 e. The number of carbonyl (C=O) groups is 1. The van der Waals surface area contributed by atoms with Crippen LogP contribution in [-0.4, -0.2) is 101 Å². The standard InChI is InChI=1S/C10H12N5O7P.C10H13N5O4/c11-9-13-6-5(7(17)14-9)12-2-15(6)8-3(16)1-4(21-8)22-10(18)23(19)20;11-10-13-7-6(8(18)14-10)12-3-15(7)9-5(17)1-4(2-16)19-9/h2-4,8,16,19-20H,1H2,(H3,11,13,14,17);3-5,9,16-17H,1-2H2,(H3,11,13,14,18)/t3-,4+,8+;4-,5-,9+/m00/s1. The maximum absolute atomic E-state index is 11.7. The van der Waals surface area contributed by atoms with Crippen LogP contribution in [0.25, 0.3) is 22.3 Å². The number of imidazole rings is 2. The first-order valence-electron chi connectivity index (χ1n) is 12.1. The highest BCUT2D eigenvalue weighted by atomic mass is 31.2. The van der Waals surface area contributed by atoms with Crippen molar-refractivity contribution in [3.63, 3.8) is 0 Å². The fraction of sp³-hybridized carbons (Fsp3) is 0.450. The minimum atomic E-state index is -2.90. The molecule has 0 aliphatic carbocycles. The number of aromatic amines is 2. The number of nitrogens with zero attached hydrogens (tertiary/aromatic N) is 6. The number of H-pyrrole nitrogens is 2. The van der Waals surface area contributed by atoms with Crippen LogP contribution in [0.1, 0.15) is 25.3 Å². The molecule has 21 nitrogen and oxygen atoms in total. The maximum atomic E-state index is 11.7. The Labute approximate surface area is 233 Å². The fourth-order valence-corrected chi connectivity index (χ4v) is 4.67. The van der Waals surface area contributed by atoms with Crippen LogP contribution in [0.4, 0.5) is 16.7 Å². The molecule has 6 atom stereocenters. The van der Waals surface area contributed by atoms with Gasteiger partial charge in [-0.15, -0.1) is 0 Å². The van der Waals surface area contributed by atoms with E-state index in [-0.39, 0.29) is 47.3 Å². The first-order chi connectivity index (χ1) is 20.0. The highest BCUT2D eigenvalue weighted by Gasteiger charge is 2.39. The number of nitrogens with one attached hydrogen (secondary N) is 2. The number of aliphatic hydroxyl groups excluding tert-OH is 3. The Balaban J connectivity index is 0.000000171. The van der Waals surface area contributed by atoms with Gasteiger partial charge in [0.2, 0.25) is 18.2 Å². The molecule has 4 aromatic heterocycles. The van der Waals surface area contributed by atoms with E-state index in [2.05, 4.69) is 29.9 Å². The lowest BCUT2D eigenvalue weighted by Gasteiger charge is -2.16. The third-order valence-corrected chi connectivity index (χ3v) is 6.70. The van der Waals surface area contributed by atoms with Crippen LogP contribution in [0.5, 0.6) is 0 Å². The molecule has 42 heavy (non-hydrogen) atoms. The smallest absolute Gasteiger partial charge is 0.385 e. The van der Waals surface area contributed by atoms with Gasteiger partial charge in [-0.2, -0.15) is 9.97 Å². The number of fused-ring (bicyclic) bond motifs is 2. The molecular weight excluding hydrogens is 587 g/mol. The number of aromatic nitrogens is 8. The van der Waals surface area contributed by atoms with Crippen LogP contribution in [0, 0.1) is 0 Å². The lowest BCUT2D eigenvalue weighted by molar-refractivity contribution is -0.118. The predicted octanol–water partition coefficient (Wildman–Crippen LogP) is -2.92. The van der Waals surface area contributed by atoms with Crippen LogP contribution in [0.15, 0.2) is 22.2 Å². The summed E-state index contributed by atoms with van der Waals surface area (Å²) in [5.74, 6) is -0.170. The van der Waals surface area contributed by atoms with Crippen LogP contribution in [0.3, 0.4) is 0 Å². The number of hydrogen-bond acceptors (Lipinski definition) is 17. The highest BCUT2D eigenvalue weighted by molar-refractivity contribution is 7.63. The summed E-state index contributed by atoms with van der Waals surface area (Å²) in [5, 5.41) is 29.0. The molecule has 22 heteroatoms. The quantitative estimate of drug-likeness (QED) is 0.102. The zero-order valence-corrected chi connectivity index (χ0v) is 22.1. The molecule has 0 saturated carbocycles. The molecule has 0 aromatic carbocycles. The monoisotopic (exact) mass is 612 g/mol. The average molecular weight is 612 g/mol. The summed E-state index contributed by atoms with van der Waals surface area (Å²) in [6, 6.07) is 0. The number of ether oxygens (including phenoxy) is 3. The molecule has 2 fully saturated rings. The Bertz CT molecular complexity index is 1720. The van der Waals surface area contributed by atoms with Crippen molar-refractivity contribution >= 4 is 48.3 Å². The summed E-state index contributed by atoms with van der Waals surface area (Å²) in [6.45, 7) is -0.184. The van der Waals surface area contributed by atoms with Crippen molar-refractivity contribution in [1.82, 2.24) is 39.0 Å². The van der Waals surface area contributed by atoms with Gasteiger partial charge in [-0.05, 0) is 0 Å². The van der Waals surface area contributed by atoms with Crippen LogP contribution < -0.4 is 22.6 Å². The third kappa shape index (κ3) is 5.67. The minimum absolute atomic E-state index is 0.00434. The van der Waals surface area contributed by atoms with E-state index in [9.17, 15) is 24.6 Å². The molecule has 2 aliphatic rings. The lowest BCUT2D eigenvalue weighted by Crippen LogP contribution is -2.20. The number of nitrogens with two attached hydrogens (primary N) is 2. The second-order valence-electron chi connectivity index (χ2n) is 9.12. The van der Waals surface area contributed by atoms with Gasteiger partial charge >= 0.3 is 5.71 Å². The van der Waals surface area contributed by atoms with Gasteiger partial charge in [0.25, 0.3) is 19.5 Å². The van der Waals surface area contributed by atoms with Gasteiger partial charge in [0, 0.05) is 12.8 Å². The normalized spacial score (nSPS) is 25.7. The molecule has 226 valence electrons. The number of nitrogen functional groups attached to an aromatic ring is 2. The zero-order valence-electron chi connectivity index (χ0n) is 21.2. The zero-order chi connectivity index (χ0) is 30.3. The van der Waals surface area contributed by atoms with Gasteiger partial charge in [-0.25, -0.2) is 14.8 Å². The van der Waals surface area contributed by atoms with E-state index in [4.69, 9.17) is 40.6 Å². The Hall–Kier alpha value is -4.08. The van der Waals surface area contributed by atoms with Crippen molar-refractivity contribution in [3.8, 4) is 0 Å². The Morgan fingerprint density at radius 2 is 1.45 bits per heavy atom. The molecule has 6 heterocycles. The predicted molar refractivity (Wildman–Crippen MR) is 139 cm³/mol. The van der Waals surface area contributed by atoms with Gasteiger partial charge < -0.3 is 50.8 Å². The summed E-state index contributed by atoms with van der Waals surface area (Å²) < 4.78 is 18.3. The first-order valence-corrected chi connectivity index (χ1v) is 13.3. The van der Waals surface area contributed by atoms with Gasteiger partial charge in [-0.3, -0.25) is 28.7 Å². The van der Waals surface area contributed by atoms with Gasteiger partial charge in [0.1, 0.15) is 12.2 Å². The second-order valence-corrected chi connectivity index (χ2v) is 10.1. The minimum Gasteiger partial charge on any atom is -0.429 e. The van der Waals surface area contributed by atoms with E-state index in [1.807, 2.05) is 0 Å². The summed E-state index contributed by atoms with van der Waals surface area (Å²) in [5.41, 5.74) is 9.18. The van der Waals surface area contributed by atoms with Crippen LogP contribution in [-0.2, 0) is 14.2 Å². The van der Waals surface area contributed by atoms with E-state index in [0.29, 0.717) is 6.42 Å². The topological polar surface area (TPSA) is 325 Å². The van der Waals surface area contributed by atoms with Crippen molar-refractivity contribution in [2.45, 2.75) is 49.9 Å². The summed E-state index contributed by atoms with van der Waals surface area (Å²) in [6.07, 6.45) is -2.51. The Kier molecular flexibility index (Phi) is 8.17. The van der Waals surface area contributed by atoms with Crippen molar-refractivity contribution in [1.29, 1.82) is 0 Å². The molecular formula is C20H25N10O11P. The van der Waals surface area contributed by atoms with Crippen LogP contribution >= 0.6 is 8.38 Å². The summed E-state index contributed by atoms with van der Waals surface area (Å²) >= 11 is 0. The number of rotatable bonds is 5. The number of aliphatic hydroxyl groups is 3. The SMILES string of the molecule is Nc1nc2c(ncn2[C@@H]2O[C@H](CO)C[C@@H]2O)c(=O)[nH]1.Nc1nc2c(ncn2[C@@H]2O[C@H](OC(=O)P(O)O)C[C@@H]2O)c(=O)[nH]1. The summed E-state index contributed by atoms with van der Waals surface area (Å²) in [7, 11) is -2.90. The van der Waals surface area contributed by atoms with Gasteiger partial charge in [-0.1, -0.05) is 0 Å². The van der Waals surface area contributed by atoms with E-state index in [0.717, 1.165) is 0 Å². The van der Waals surface area contributed by atoms with Gasteiger partial charge in [0.15, 0.2) is 34.8 Å². The van der Waals surface area contributed by atoms with Crippen LogP contribution in [0.2, 0.25) is 0 Å². The summed E-state index contributed by atoms with van der Waals surface area (Å²) in [4.78, 5) is 72.4. The molecule has 2 aliphatic heterocycles. The lowest BCUT2D eigenvalue weighted by atomic mass is 10.2. The Morgan fingerprint density at radius 1 is 0.952 bits per heavy atom. The Morgan fingerprint density at radius 3 is 1.93 bits per heavy atom. The molecule has 0 amide bonds. The molecule has 0 radical (unpaired) electrons. The van der Waals surface area contributed by atoms with E-state index < -0.39 is 62.3 Å².